The lowest BCUT2D eigenvalue weighted by Crippen LogP contribution is -2.06. The molecule has 1 unspecified atom stereocenters. The lowest BCUT2D eigenvalue weighted by Gasteiger charge is -2.11. The minimum atomic E-state index is -0.818. The summed E-state index contributed by atoms with van der Waals surface area (Å²) in [5, 5.41) is 14.3. The number of nitrogen functional groups attached to an aromatic ring is 1. The van der Waals surface area contributed by atoms with Crippen LogP contribution in [0.2, 0.25) is 5.02 Å². The van der Waals surface area contributed by atoms with Gasteiger partial charge in [-0.2, -0.15) is 5.10 Å². The van der Waals surface area contributed by atoms with E-state index in [0.717, 1.165) is 0 Å². The second-order valence-corrected chi connectivity index (χ2v) is 4.47. The first kappa shape index (κ1) is 12.9. The van der Waals surface area contributed by atoms with E-state index < -0.39 is 11.9 Å². The van der Waals surface area contributed by atoms with Crippen LogP contribution >= 0.6 is 11.6 Å². The van der Waals surface area contributed by atoms with Gasteiger partial charge in [-0.25, -0.2) is 4.39 Å². The molecule has 0 radical (unpaired) electrons. The van der Waals surface area contributed by atoms with Crippen molar-refractivity contribution in [3.8, 4) is 0 Å². The number of anilines is 1. The Balaban J connectivity index is 2.21. The minimum Gasteiger partial charge on any atom is -0.388 e. The molecule has 1 aromatic heterocycles. The van der Waals surface area contributed by atoms with Crippen molar-refractivity contribution < 1.29 is 9.50 Å². The van der Waals surface area contributed by atoms with Gasteiger partial charge in [-0.15, -0.1) is 0 Å². The van der Waals surface area contributed by atoms with Gasteiger partial charge in [-0.05, 0) is 17.7 Å². The van der Waals surface area contributed by atoms with Gasteiger partial charge in [0.2, 0.25) is 0 Å². The van der Waals surface area contributed by atoms with E-state index in [1.54, 1.807) is 13.1 Å². The summed E-state index contributed by atoms with van der Waals surface area (Å²) in [6.07, 6.45) is 0.952. The molecule has 0 aliphatic carbocycles. The van der Waals surface area contributed by atoms with Crippen LogP contribution in [0.4, 0.5) is 10.2 Å². The van der Waals surface area contributed by atoms with Crippen LogP contribution in [0.3, 0.4) is 0 Å². The number of aliphatic hydroxyl groups is 1. The molecule has 0 aliphatic rings. The molecule has 18 heavy (non-hydrogen) atoms. The molecule has 0 spiro atoms. The Labute approximate surface area is 109 Å². The van der Waals surface area contributed by atoms with E-state index in [1.807, 2.05) is 0 Å². The summed E-state index contributed by atoms with van der Waals surface area (Å²) in [5.74, 6) is -0.000124. The van der Waals surface area contributed by atoms with Crippen LogP contribution in [0.15, 0.2) is 24.4 Å². The lowest BCUT2D eigenvalue weighted by molar-refractivity contribution is 0.179. The van der Waals surface area contributed by atoms with E-state index in [0.29, 0.717) is 16.9 Å². The molecule has 4 nitrogen and oxygen atoms in total. The number of nitrogens with zero attached hydrogens (tertiary/aromatic N) is 2. The van der Waals surface area contributed by atoms with Crippen molar-refractivity contribution in [2.75, 3.05) is 5.73 Å². The number of aromatic nitrogens is 2. The third-order valence-electron chi connectivity index (χ3n) is 2.80. The van der Waals surface area contributed by atoms with E-state index in [4.69, 9.17) is 17.3 Å². The summed E-state index contributed by atoms with van der Waals surface area (Å²) in [4.78, 5) is 0. The maximum Gasteiger partial charge on any atom is 0.127 e. The van der Waals surface area contributed by atoms with Crippen molar-refractivity contribution in [3.05, 3.63) is 46.4 Å². The third-order valence-corrected chi connectivity index (χ3v) is 3.15. The van der Waals surface area contributed by atoms with Crippen LogP contribution in [-0.2, 0) is 13.5 Å². The van der Waals surface area contributed by atoms with Gasteiger partial charge in [-0.1, -0.05) is 17.7 Å². The Morgan fingerprint density at radius 3 is 2.83 bits per heavy atom. The molecule has 0 saturated carbocycles. The molecule has 6 heteroatoms. The smallest absolute Gasteiger partial charge is 0.127 e. The van der Waals surface area contributed by atoms with Gasteiger partial charge in [0.1, 0.15) is 11.6 Å². The number of nitrogens with two attached hydrogens (primary N) is 1. The Bertz CT molecular complexity index is 570. The number of rotatable bonds is 3. The summed E-state index contributed by atoms with van der Waals surface area (Å²) >= 11 is 5.90. The molecule has 2 rings (SSSR count). The average Bonchev–Trinajstić information content (AvgIpc) is 2.64. The highest BCUT2D eigenvalue weighted by atomic mass is 35.5. The van der Waals surface area contributed by atoms with E-state index in [2.05, 4.69) is 5.10 Å². The van der Waals surface area contributed by atoms with Gasteiger partial charge in [-0.3, -0.25) is 4.68 Å². The van der Waals surface area contributed by atoms with E-state index in [9.17, 15) is 9.50 Å². The fourth-order valence-electron chi connectivity index (χ4n) is 1.73. The molecule has 1 atom stereocenters. The van der Waals surface area contributed by atoms with Crippen molar-refractivity contribution in [2.24, 2.45) is 7.05 Å². The second-order valence-electron chi connectivity index (χ2n) is 4.06. The van der Waals surface area contributed by atoms with E-state index in [1.165, 1.54) is 23.0 Å². The lowest BCUT2D eigenvalue weighted by atomic mass is 10.0. The van der Waals surface area contributed by atoms with Crippen LogP contribution in [0.1, 0.15) is 17.2 Å². The van der Waals surface area contributed by atoms with Crippen molar-refractivity contribution in [3.63, 3.8) is 0 Å². The van der Waals surface area contributed by atoms with Gasteiger partial charge in [0, 0.05) is 24.1 Å². The topological polar surface area (TPSA) is 64.1 Å². The van der Waals surface area contributed by atoms with Crippen molar-refractivity contribution in [2.45, 2.75) is 12.5 Å². The predicted molar refractivity (Wildman–Crippen MR) is 67.7 cm³/mol. The fraction of sp³-hybridized carbons (Fsp3) is 0.250. The first-order valence-electron chi connectivity index (χ1n) is 5.38. The largest absolute Gasteiger partial charge is 0.388 e. The molecule has 3 N–H and O–H groups in total. The molecule has 0 bridgehead atoms. The minimum absolute atomic E-state index is 0.259. The summed E-state index contributed by atoms with van der Waals surface area (Å²) < 4.78 is 14.4. The zero-order valence-corrected chi connectivity index (χ0v) is 10.5. The first-order chi connectivity index (χ1) is 8.49. The van der Waals surface area contributed by atoms with Crippen molar-refractivity contribution >= 4 is 17.4 Å². The molecule has 96 valence electrons. The standard InChI is InChI=1S/C12H13ClFN3O/c1-17-12(15)9(6-16-17)11(18)4-7-2-3-8(14)5-10(7)13/h2-3,5-6,11,18H,4,15H2,1H3. The normalized spacial score (nSPS) is 12.7. The summed E-state index contributed by atoms with van der Waals surface area (Å²) in [7, 11) is 1.69. The SMILES string of the molecule is Cn1ncc(C(O)Cc2ccc(F)cc2Cl)c1N. The average molecular weight is 270 g/mol. The van der Waals surface area contributed by atoms with Gasteiger partial charge in [0.25, 0.3) is 0 Å². The second kappa shape index (κ2) is 4.96. The number of hydrogen-bond acceptors (Lipinski definition) is 3. The number of halogens is 2. The highest BCUT2D eigenvalue weighted by molar-refractivity contribution is 6.31. The molecule has 0 saturated heterocycles. The fourth-order valence-corrected chi connectivity index (χ4v) is 1.97. The number of aliphatic hydroxyl groups excluding tert-OH is 1. The monoisotopic (exact) mass is 269 g/mol. The van der Waals surface area contributed by atoms with Crippen molar-refractivity contribution in [1.29, 1.82) is 0 Å². The van der Waals surface area contributed by atoms with Crippen LogP contribution < -0.4 is 5.73 Å². The van der Waals surface area contributed by atoms with Gasteiger partial charge < -0.3 is 10.8 Å². The maximum atomic E-state index is 12.9. The van der Waals surface area contributed by atoms with E-state index in [-0.39, 0.29) is 11.4 Å². The number of aryl methyl sites for hydroxylation is 1. The van der Waals surface area contributed by atoms with Crippen LogP contribution in [0, 0.1) is 5.82 Å². The Kier molecular flexibility index (Phi) is 3.54. The summed E-state index contributed by atoms with van der Waals surface area (Å²) in [6, 6.07) is 4.07. The van der Waals surface area contributed by atoms with E-state index >= 15 is 0 Å². The molecular formula is C12H13ClFN3O. The Hall–Kier alpha value is -1.59. The third kappa shape index (κ3) is 2.47. The quantitative estimate of drug-likeness (QED) is 0.897. The zero-order chi connectivity index (χ0) is 13.3. The summed E-state index contributed by atoms with van der Waals surface area (Å²) in [6.45, 7) is 0. The maximum absolute atomic E-state index is 12.9. The first-order valence-corrected chi connectivity index (χ1v) is 5.76. The van der Waals surface area contributed by atoms with Crippen LogP contribution in [-0.4, -0.2) is 14.9 Å². The molecule has 2 aromatic rings. The van der Waals surface area contributed by atoms with Gasteiger partial charge in [0.15, 0.2) is 0 Å². The molecule has 0 aliphatic heterocycles. The molecule has 0 fully saturated rings. The molecular weight excluding hydrogens is 257 g/mol. The highest BCUT2D eigenvalue weighted by Crippen LogP contribution is 2.26. The summed E-state index contributed by atoms with van der Waals surface area (Å²) in [5.41, 5.74) is 6.97. The Morgan fingerprint density at radius 1 is 1.56 bits per heavy atom. The van der Waals surface area contributed by atoms with Crippen molar-refractivity contribution in [1.82, 2.24) is 9.78 Å². The highest BCUT2D eigenvalue weighted by Gasteiger charge is 2.16. The van der Waals surface area contributed by atoms with Gasteiger partial charge in [0.05, 0.1) is 12.3 Å². The zero-order valence-electron chi connectivity index (χ0n) is 9.77. The molecule has 0 amide bonds. The van der Waals surface area contributed by atoms with Crippen LogP contribution in [0.5, 0.6) is 0 Å². The van der Waals surface area contributed by atoms with Gasteiger partial charge >= 0.3 is 0 Å². The number of benzene rings is 1. The molecule has 1 aromatic carbocycles. The molecule has 1 heterocycles. The number of hydrogen-bond donors (Lipinski definition) is 2. The Morgan fingerprint density at radius 2 is 2.28 bits per heavy atom. The predicted octanol–water partition coefficient (Wildman–Crippen LogP) is 2.07. The van der Waals surface area contributed by atoms with Crippen LogP contribution in [0.25, 0.3) is 0 Å².